The number of carbonyl (C=O) groups excluding carboxylic acids is 2. The van der Waals surface area contributed by atoms with Gasteiger partial charge in [0.15, 0.2) is 0 Å². The topological polar surface area (TPSA) is 49.9 Å². The standard InChI is InChI=1S/C26H26N2O3/c1-18-17-24(21-13-7-9-15-23(21)27(18)19(2)29)28(20-11-5-4-6-12-20)26(30)22-14-8-10-16-25(22)31-3/h4-16,18,24H,17H2,1-3H3/t18-,24+/m0/s1. The van der Waals surface area contributed by atoms with E-state index in [1.807, 2.05) is 83.5 Å². The first-order chi connectivity index (χ1) is 15.0. The molecular weight excluding hydrogens is 388 g/mol. The number of amides is 2. The van der Waals surface area contributed by atoms with E-state index in [1.165, 1.54) is 0 Å². The zero-order valence-electron chi connectivity index (χ0n) is 18.0. The molecule has 0 aliphatic carbocycles. The van der Waals surface area contributed by atoms with E-state index >= 15 is 0 Å². The third kappa shape index (κ3) is 3.79. The van der Waals surface area contributed by atoms with E-state index in [1.54, 1.807) is 26.2 Å². The Morgan fingerprint density at radius 3 is 2.29 bits per heavy atom. The van der Waals surface area contributed by atoms with Gasteiger partial charge in [-0.3, -0.25) is 9.59 Å². The van der Waals surface area contributed by atoms with Crippen LogP contribution in [0.3, 0.4) is 0 Å². The van der Waals surface area contributed by atoms with Crippen LogP contribution in [0.2, 0.25) is 0 Å². The first kappa shape index (κ1) is 20.7. The van der Waals surface area contributed by atoms with E-state index in [0.29, 0.717) is 17.7 Å². The quantitative estimate of drug-likeness (QED) is 0.587. The van der Waals surface area contributed by atoms with Crippen LogP contribution >= 0.6 is 0 Å². The maximum Gasteiger partial charge on any atom is 0.262 e. The number of rotatable bonds is 4. The van der Waals surface area contributed by atoms with Crippen LogP contribution in [0.1, 0.15) is 42.2 Å². The Morgan fingerprint density at radius 1 is 0.935 bits per heavy atom. The Balaban J connectivity index is 1.88. The number of hydrogen-bond donors (Lipinski definition) is 0. The predicted molar refractivity (Wildman–Crippen MR) is 123 cm³/mol. The fourth-order valence-corrected chi connectivity index (χ4v) is 4.48. The molecule has 158 valence electrons. The molecule has 0 saturated carbocycles. The van der Waals surface area contributed by atoms with Crippen molar-refractivity contribution < 1.29 is 14.3 Å². The summed E-state index contributed by atoms with van der Waals surface area (Å²) >= 11 is 0. The molecule has 0 unspecified atom stereocenters. The molecule has 2 atom stereocenters. The Hall–Kier alpha value is -3.60. The van der Waals surface area contributed by atoms with Crippen molar-refractivity contribution in [2.45, 2.75) is 32.4 Å². The van der Waals surface area contributed by atoms with Gasteiger partial charge in [-0.25, -0.2) is 0 Å². The van der Waals surface area contributed by atoms with Crippen molar-refractivity contribution in [1.29, 1.82) is 0 Å². The smallest absolute Gasteiger partial charge is 0.262 e. The highest BCUT2D eigenvalue weighted by atomic mass is 16.5. The molecule has 5 heteroatoms. The van der Waals surface area contributed by atoms with Crippen LogP contribution in [0.25, 0.3) is 0 Å². The van der Waals surface area contributed by atoms with Crippen molar-refractivity contribution in [3.63, 3.8) is 0 Å². The Bertz CT molecular complexity index is 1100. The monoisotopic (exact) mass is 414 g/mol. The normalized spacial score (nSPS) is 17.6. The van der Waals surface area contributed by atoms with Gasteiger partial charge in [0.2, 0.25) is 5.91 Å². The predicted octanol–water partition coefficient (Wildman–Crippen LogP) is 5.23. The van der Waals surface area contributed by atoms with Crippen LogP contribution in [-0.2, 0) is 4.79 Å². The molecule has 0 saturated heterocycles. The van der Waals surface area contributed by atoms with E-state index in [0.717, 1.165) is 16.9 Å². The fraction of sp³-hybridized carbons (Fsp3) is 0.231. The molecular formula is C26H26N2O3. The summed E-state index contributed by atoms with van der Waals surface area (Å²) in [6.07, 6.45) is 0.631. The number of methoxy groups -OCH3 is 1. The summed E-state index contributed by atoms with van der Waals surface area (Å²) < 4.78 is 5.48. The van der Waals surface area contributed by atoms with Gasteiger partial charge in [0.1, 0.15) is 5.75 Å². The fourth-order valence-electron chi connectivity index (χ4n) is 4.48. The first-order valence-corrected chi connectivity index (χ1v) is 10.4. The lowest BCUT2D eigenvalue weighted by Gasteiger charge is -2.43. The van der Waals surface area contributed by atoms with Crippen molar-refractivity contribution in [3.8, 4) is 5.75 Å². The molecule has 3 aromatic rings. The van der Waals surface area contributed by atoms with Gasteiger partial charge in [-0.05, 0) is 49.2 Å². The number of carbonyl (C=O) groups is 2. The van der Waals surface area contributed by atoms with Gasteiger partial charge in [0.05, 0.1) is 18.7 Å². The summed E-state index contributed by atoms with van der Waals surface area (Å²) in [4.78, 5) is 30.0. The zero-order valence-corrected chi connectivity index (χ0v) is 18.0. The molecule has 1 aliphatic heterocycles. The summed E-state index contributed by atoms with van der Waals surface area (Å²) in [5.41, 5.74) is 3.13. The van der Waals surface area contributed by atoms with Gasteiger partial charge in [0.25, 0.3) is 5.91 Å². The van der Waals surface area contributed by atoms with Gasteiger partial charge in [0, 0.05) is 24.3 Å². The Kier molecular flexibility index (Phi) is 5.76. The van der Waals surface area contributed by atoms with Crippen LogP contribution in [0, 0.1) is 0 Å². The molecule has 0 spiro atoms. The molecule has 0 radical (unpaired) electrons. The average molecular weight is 415 g/mol. The van der Waals surface area contributed by atoms with Gasteiger partial charge < -0.3 is 14.5 Å². The number of ether oxygens (including phenoxy) is 1. The van der Waals surface area contributed by atoms with E-state index in [-0.39, 0.29) is 23.9 Å². The van der Waals surface area contributed by atoms with E-state index in [2.05, 4.69) is 0 Å². The number of fused-ring (bicyclic) bond motifs is 1. The number of nitrogens with zero attached hydrogens (tertiary/aromatic N) is 2. The second kappa shape index (κ2) is 8.64. The van der Waals surface area contributed by atoms with E-state index in [4.69, 9.17) is 4.74 Å². The number of hydrogen-bond acceptors (Lipinski definition) is 3. The average Bonchev–Trinajstić information content (AvgIpc) is 2.79. The highest BCUT2D eigenvalue weighted by molar-refractivity contribution is 6.08. The lowest BCUT2D eigenvalue weighted by Crippen LogP contribution is -2.47. The van der Waals surface area contributed by atoms with Crippen molar-refractivity contribution in [3.05, 3.63) is 90.0 Å². The summed E-state index contributed by atoms with van der Waals surface area (Å²) in [7, 11) is 1.57. The highest BCUT2D eigenvalue weighted by Crippen LogP contribution is 2.43. The van der Waals surface area contributed by atoms with Crippen LogP contribution in [-0.4, -0.2) is 25.0 Å². The first-order valence-electron chi connectivity index (χ1n) is 10.4. The molecule has 1 aliphatic rings. The summed E-state index contributed by atoms with van der Waals surface area (Å²) in [6, 6.07) is 24.5. The molecule has 0 bridgehead atoms. The molecule has 0 N–H and O–H groups in total. The zero-order chi connectivity index (χ0) is 22.0. The molecule has 0 fully saturated rings. The highest BCUT2D eigenvalue weighted by Gasteiger charge is 2.38. The van der Waals surface area contributed by atoms with Crippen molar-refractivity contribution in [1.82, 2.24) is 0 Å². The summed E-state index contributed by atoms with van der Waals surface area (Å²) in [6.45, 7) is 3.61. The number of anilines is 2. The minimum atomic E-state index is -0.221. The largest absolute Gasteiger partial charge is 0.496 e. The molecule has 0 aromatic heterocycles. The molecule has 5 nitrogen and oxygen atoms in total. The molecule has 4 rings (SSSR count). The van der Waals surface area contributed by atoms with Crippen molar-refractivity contribution >= 4 is 23.2 Å². The molecule has 2 amide bonds. The minimum Gasteiger partial charge on any atom is -0.496 e. The Labute approximate surface area is 182 Å². The molecule has 31 heavy (non-hydrogen) atoms. The van der Waals surface area contributed by atoms with E-state index in [9.17, 15) is 9.59 Å². The molecule has 3 aromatic carbocycles. The van der Waals surface area contributed by atoms with Crippen LogP contribution in [0.4, 0.5) is 11.4 Å². The van der Waals surface area contributed by atoms with E-state index < -0.39 is 0 Å². The number of benzene rings is 3. The van der Waals surface area contributed by atoms with Gasteiger partial charge >= 0.3 is 0 Å². The molecule has 1 heterocycles. The minimum absolute atomic E-state index is 0.000663. The maximum absolute atomic E-state index is 13.9. The van der Waals surface area contributed by atoms with Gasteiger partial charge in [-0.2, -0.15) is 0 Å². The SMILES string of the molecule is COc1ccccc1C(=O)N(c1ccccc1)[C@@H]1C[C@H](C)N(C(C)=O)c2ccccc21. The number of para-hydroxylation sites is 3. The summed E-state index contributed by atoms with van der Waals surface area (Å²) in [5, 5.41) is 0. The third-order valence-electron chi connectivity index (χ3n) is 5.80. The second-order valence-corrected chi connectivity index (χ2v) is 7.76. The summed E-state index contributed by atoms with van der Waals surface area (Å²) in [5.74, 6) is 0.406. The van der Waals surface area contributed by atoms with Crippen LogP contribution in [0.15, 0.2) is 78.9 Å². The third-order valence-corrected chi connectivity index (χ3v) is 5.80. The Morgan fingerprint density at radius 2 is 1.58 bits per heavy atom. The maximum atomic E-state index is 13.9. The van der Waals surface area contributed by atoms with Gasteiger partial charge in [-0.1, -0.05) is 48.5 Å². The van der Waals surface area contributed by atoms with Crippen molar-refractivity contribution in [2.24, 2.45) is 0 Å². The van der Waals surface area contributed by atoms with Crippen molar-refractivity contribution in [2.75, 3.05) is 16.9 Å². The lowest BCUT2D eigenvalue weighted by molar-refractivity contribution is -0.117. The lowest BCUT2D eigenvalue weighted by atomic mass is 9.89. The van der Waals surface area contributed by atoms with Crippen LogP contribution in [0.5, 0.6) is 5.75 Å². The van der Waals surface area contributed by atoms with Crippen LogP contribution < -0.4 is 14.5 Å². The van der Waals surface area contributed by atoms with Gasteiger partial charge in [-0.15, -0.1) is 0 Å². The second-order valence-electron chi connectivity index (χ2n) is 7.76.